The Kier molecular flexibility index (Phi) is 2.19. The molecule has 0 bridgehead atoms. The maximum absolute atomic E-state index is 11.4. The van der Waals surface area contributed by atoms with Crippen LogP contribution in [0.4, 0.5) is 0 Å². The van der Waals surface area contributed by atoms with Gasteiger partial charge in [0.05, 0.1) is 5.52 Å². The lowest BCUT2D eigenvalue weighted by Gasteiger charge is -2.01. The minimum absolute atomic E-state index is 0.0554. The molecule has 0 aliphatic rings. The Morgan fingerprint density at radius 2 is 2.07 bits per heavy atom. The fraction of sp³-hybridized carbons (Fsp3) is 0.182. The summed E-state index contributed by atoms with van der Waals surface area (Å²) in [6.45, 7) is 3.52. The molecule has 3 heteroatoms. The molecule has 0 atom stereocenters. The van der Waals surface area contributed by atoms with Gasteiger partial charge in [0, 0.05) is 22.5 Å². The van der Waals surface area contributed by atoms with Gasteiger partial charge in [-0.25, -0.2) is 0 Å². The molecule has 2 nitrogen and oxygen atoms in total. The standard InChI is InChI=1S/C11H10BrNO/c1-7-5-9-6-10(12)3-4-11(9)13(7)8(2)14/h3-6H,1-2H3. The molecule has 0 aliphatic carbocycles. The predicted octanol–water partition coefficient (Wildman–Crippen LogP) is 3.37. The summed E-state index contributed by atoms with van der Waals surface area (Å²) in [6, 6.07) is 7.93. The highest BCUT2D eigenvalue weighted by Gasteiger charge is 2.08. The molecule has 72 valence electrons. The van der Waals surface area contributed by atoms with Crippen LogP contribution < -0.4 is 0 Å². The first-order valence-corrected chi connectivity index (χ1v) is 5.17. The molecule has 0 amide bonds. The first kappa shape index (κ1) is 9.46. The zero-order valence-corrected chi connectivity index (χ0v) is 9.63. The van der Waals surface area contributed by atoms with E-state index in [9.17, 15) is 4.79 Å². The average Bonchev–Trinajstić information content (AvgIpc) is 2.39. The van der Waals surface area contributed by atoms with E-state index in [0.717, 1.165) is 21.1 Å². The molecule has 2 aromatic rings. The molecule has 1 aromatic heterocycles. The second-order valence-electron chi connectivity index (χ2n) is 3.34. The van der Waals surface area contributed by atoms with E-state index in [1.54, 1.807) is 11.5 Å². The number of benzene rings is 1. The van der Waals surface area contributed by atoms with Crippen molar-refractivity contribution in [3.63, 3.8) is 0 Å². The predicted molar refractivity (Wildman–Crippen MR) is 60.7 cm³/mol. The van der Waals surface area contributed by atoms with Crippen LogP contribution in [0.5, 0.6) is 0 Å². The van der Waals surface area contributed by atoms with Crippen molar-refractivity contribution >= 4 is 32.7 Å². The maximum Gasteiger partial charge on any atom is 0.228 e. The zero-order chi connectivity index (χ0) is 10.3. The second kappa shape index (κ2) is 3.24. The minimum Gasteiger partial charge on any atom is -0.285 e. The van der Waals surface area contributed by atoms with Gasteiger partial charge in [-0.05, 0) is 31.2 Å². The van der Waals surface area contributed by atoms with Gasteiger partial charge in [-0.1, -0.05) is 15.9 Å². The number of carbonyl (C=O) groups excluding carboxylic acids is 1. The quantitative estimate of drug-likeness (QED) is 0.704. The van der Waals surface area contributed by atoms with Gasteiger partial charge < -0.3 is 0 Å². The fourth-order valence-corrected chi connectivity index (χ4v) is 2.12. The van der Waals surface area contributed by atoms with Crippen LogP contribution in [0.3, 0.4) is 0 Å². The molecule has 0 fully saturated rings. The number of hydrogen-bond acceptors (Lipinski definition) is 1. The Morgan fingerprint density at radius 1 is 1.36 bits per heavy atom. The van der Waals surface area contributed by atoms with Crippen LogP contribution in [0.1, 0.15) is 17.4 Å². The van der Waals surface area contributed by atoms with Crippen LogP contribution in [0.2, 0.25) is 0 Å². The molecule has 2 rings (SSSR count). The van der Waals surface area contributed by atoms with Gasteiger partial charge in [0.15, 0.2) is 0 Å². The molecular weight excluding hydrogens is 242 g/mol. The van der Waals surface area contributed by atoms with Crippen LogP contribution in [-0.2, 0) is 0 Å². The Labute approximate surface area is 90.7 Å². The first-order valence-electron chi connectivity index (χ1n) is 4.38. The number of aromatic nitrogens is 1. The van der Waals surface area contributed by atoms with Crippen molar-refractivity contribution in [1.82, 2.24) is 4.57 Å². The molecule has 0 unspecified atom stereocenters. The Balaban J connectivity index is 2.84. The summed E-state index contributed by atoms with van der Waals surface area (Å²) in [7, 11) is 0. The lowest BCUT2D eigenvalue weighted by molar-refractivity contribution is 0.0940. The third kappa shape index (κ3) is 1.38. The van der Waals surface area contributed by atoms with Crippen molar-refractivity contribution in [2.75, 3.05) is 0 Å². The van der Waals surface area contributed by atoms with Gasteiger partial charge in [0.25, 0.3) is 0 Å². The number of rotatable bonds is 0. The largest absolute Gasteiger partial charge is 0.285 e. The SMILES string of the molecule is CC(=O)n1c(C)cc2cc(Br)ccc21. The van der Waals surface area contributed by atoms with Crippen molar-refractivity contribution in [1.29, 1.82) is 0 Å². The highest BCUT2D eigenvalue weighted by atomic mass is 79.9. The van der Waals surface area contributed by atoms with Crippen LogP contribution in [-0.4, -0.2) is 10.5 Å². The minimum atomic E-state index is 0.0554. The van der Waals surface area contributed by atoms with Gasteiger partial charge in [-0.2, -0.15) is 0 Å². The fourth-order valence-electron chi connectivity index (χ4n) is 1.74. The average molecular weight is 252 g/mol. The van der Waals surface area contributed by atoms with Crippen LogP contribution >= 0.6 is 15.9 Å². The smallest absolute Gasteiger partial charge is 0.228 e. The van der Waals surface area contributed by atoms with E-state index in [4.69, 9.17) is 0 Å². The molecule has 0 saturated carbocycles. The third-order valence-electron chi connectivity index (χ3n) is 2.26. The van der Waals surface area contributed by atoms with E-state index < -0.39 is 0 Å². The lowest BCUT2D eigenvalue weighted by Crippen LogP contribution is -2.06. The van der Waals surface area contributed by atoms with Gasteiger partial charge in [0.1, 0.15) is 0 Å². The normalized spacial score (nSPS) is 10.8. The number of fused-ring (bicyclic) bond motifs is 1. The van der Waals surface area contributed by atoms with Crippen molar-refractivity contribution in [2.45, 2.75) is 13.8 Å². The van der Waals surface area contributed by atoms with E-state index in [-0.39, 0.29) is 5.91 Å². The van der Waals surface area contributed by atoms with Crippen molar-refractivity contribution < 1.29 is 4.79 Å². The maximum atomic E-state index is 11.4. The number of aryl methyl sites for hydroxylation is 1. The summed E-state index contributed by atoms with van der Waals surface area (Å²) in [4.78, 5) is 11.4. The molecule has 1 heterocycles. The molecule has 0 spiro atoms. The highest BCUT2D eigenvalue weighted by Crippen LogP contribution is 2.23. The molecule has 0 radical (unpaired) electrons. The molecular formula is C11H10BrNO. The topological polar surface area (TPSA) is 22.0 Å². The summed E-state index contributed by atoms with van der Waals surface area (Å²) in [5, 5.41) is 1.09. The Bertz CT molecular complexity index is 513. The molecule has 1 aromatic carbocycles. The summed E-state index contributed by atoms with van der Waals surface area (Å²) < 4.78 is 2.76. The van der Waals surface area contributed by atoms with Crippen molar-refractivity contribution in [3.05, 3.63) is 34.4 Å². The number of carbonyl (C=O) groups is 1. The molecule has 0 aliphatic heterocycles. The van der Waals surface area contributed by atoms with E-state index in [2.05, 4.69) is 15.9 Å². The van der Waals surface area contributed by atoms with Gasteiger partial charge in [-0.3, -0.25) is 9.36 Å². The van der Waals surface area contributed by atoms with E-state index in [1.165, 1.54) is 0 Å². The van der Waals surface area contributed by atoms with Crippen molar-refractivity contribution in [2.24, 2.45) is 0 Å². The summed E-state index contributed by atoms with van der Waals surface area (Å²) in [5.41, 5.74) is 1.95. The van der Waals surface area contributed by atoms with Crippen molar-refractivity contribution in [3.8, 4) is 0 Å². The number of nitrogens with zero attached hydrogens (tertiary/aromatic N) is 1. The third-order valence-corrected chi connectivity index (χ3v) is 2.76. The van der Waals surface area contributed by atoms with Gasteiger partial charge >= 0.3 is 0 Å². The van der Waals surface area contributed by atoms with Gasteiger partial charge in [0.2, 0.25) is 5.91 Å². The van der Waals surface area contributed by atoms with Crippen LogP contribution in [0, 0.1) is 6.92 Å². The summed E-state index contributed by atoms with van der Waals surface area (Å²) >= 11 is 3.41. The van der Waals surface area contributed by atoms with Crippen LogP contribution in [0.15, 0.2) is 28.7 Å². The molecule has 0 N–H and O–H groups in total. The summed E-state index contributed by atoms with van der Waals surface area (Å²) in [6.07, 6.45) is 0. The van der Waals surface area contributed by atoms with Crippen LogP contribution in [0.25, 0.3) is 10.9 Å². The Hall–Kier alpha value is -1.09. The van der Waals surface area contributed by atoms with E-state index in [1.807, 2.05) is 31.2 Å². The lowest BCUT2D eigenvalue weighted by atomic mass is 10.2. The van der Waals surface area contributed by atoms with E-state index in [0.29, 0.717) is 0 Å². The molecule has 14 heavy (non-hydrogen) atoms. The number of hydrogen-bond donors (Lipinski definition) is 0. The molecule has 0 saturated heterocycles. The van der Waals surface area contributed by atoms with E-state index >= 15 is 0 Å². The summed E-state index contributed by atoms with van der Waals surface area (Å²) in [5.74, 6) is 0.0554. The first-order chi connectivity index (χ1) is 6.59. The monoisotopic (exact) mass is 251 g/mol. The second-order valence-corrected chi connectivity index (χ2v) is 4.26. The Morgan fingerprint density at radius 3 is 2.71 bits per heavy atom. The highest BCUT2D eigenvalue weighted by molar-refractivity contribution is 9.10. The zero-order valence-electron chi connectivity index (χ0n) is 8.04. The van der Waals surface area contributed by atoms with Gasteiger partial charge in [-0.15, -0.1) is 0 Å². The number of halogens is 1.